The summed E-state index contributed by atoms with van der Waals surface area (Å²) in [7, 11) is 0. The number of allylic oxidation sites excluding steroid dienone is 1. The lowest BCUT2D eigenvalue weighted by Crippen LogP contribution is -1.97. The van der Waals surface area contributed by atoms with Crippen LogP contribution in [0.1, 0.15) is 73.3 Å². The topological polar surface area (TPSA) is 28.7 Å². The maximum Gasteiger partial charge on any atom is 0.100 e. The standard InChI is InChI=1S/C43H40N2/c1-2-3-4-5-6-15-30-45-41-21-14-13-20-38(41)39-31-34(26-29-42(39)45)23-22-33-24-27-35(28-25-33)40(32-44)43(36-16-9-7-10-17-36)37-18-11-8-12-19-37/h7-14,16-29,31H,2-6,15,30H2,1H3/b23-22+. The molecule has 6 rings (SSSR count). The number of fused-ring (bicyclic) bond motifs is 3. The quantitative estimate of drug-likeness (QED) is 0.0799. The minimum atomic E-state index is 0.672. The summed E-state index contributed by atoms with van der Waals surface area (Å²) < 4.78 is 2.51. The predicted octanol–water partition coefficient (Wildman–Crippen LogP) is 11.8. The molecule has 2 heteroatoms. The van der Waals surface area contributed by atoms with Gasteiger partial charge in [-0.1, -0.05) is 160 Å². The van der Waals surface area contributed by atoms with Crippen LogP contribution in [-0.2, 0) is 6.54 Å². The summed E-state index contributed by atoms with van der Waals surface area (Å²) in [6.45, 7) is 3.34. The zero-order valence-electron chi connectivity index (χ0n) is 26.1. The Bertz CT molecular complexity index is 1930. The Balaban J connectivity index is 1.26. The highest BCUT2D eigenvalue weighted by molar-refractivity contribution is 6.09. The van der Waals surface area contributed by atoms with Crippen molar-refractivity contribution in [3.8, 4) is 6.07 Å². The maximum absolute atomic E-state index is 10.3. The fourth-order valence-corrected chi connectivity index (χ4v) is 6.35. The van der Waals surface area contributed by atoms with E-state index in [1.54, 1.807) is 0 Å². The third-order valence-corrected chi connectivity index (χ3v) is 8.69. The van der Waals surface area contributed by atoms with E-state index in [9.17, 15) is 5.26 Å². The fraction of sp³-hybridized carbons (Fsp3) is 0.186. The molecule has 0 atom stereocenters. The molecule has 0 aliphatic carbocycles. The second kappa shape index (κ2) is 14.6. The molecule has 6 aromatic rings. The molecular formula is C43H40N2. The Labute approximate surface area is 267 Å². The minimum Gasteiger partial charge on any atom is -0.340 e. The average Bonchev–Trinajstić information content (AvgIpc) is 3.41. The Morgan fingerprint density at radius 1 is 0.578 bits per heavy atom. The number of hydrogen-bond acceptors (Lipinski definition) is 1. The summed E-state index contributed by atoms with van der Waals surface area (Å²) in [5.41, 5.74) is 9.53. The van der Waals surface area contributed by atoms with Gasteiger partial charge in [-0.15, -0.1) is 0 Å². The maximum atomic E-state index is 10.3. The van der Waals surface area contributed by atoms with Gasteiger partial charge in [0.1, 0.15) is 6.07 Å². The van der Waals surface area contributed by atoms with Gasteiger partial charge in [-0.2, -0.15) is 5.26 Å². The summed E-state index contributed by atoms with van der Waals surface area (Å²) in [6, 6.07) is 46.8. The molecule has 5 aromatic carbocycles. The summed E-state index contributed by atoms with van der Waals surface area (Å²) in [6.07, 6.45) is 12.2. The van der Waals surface area contributed by atoms with E-state index in [2.05, 4.69) is 121 Å². The molecule has 0 amide bonds. The summed E-state index contributed by atoms with van der Waals surface area (Å²) >= 11 is 0. The van der Waals surface area contributed by atoms with Crippen molar-refractivity contribution in [3.63, 3.8) is 0 Å². The monoisotopic (exact) mass is 584 g/mol. The van der Waals surface area contributed by atoms with E-state index in [4.69, 9.17) is 0 Å². The third-order valence-electron chi connectivity index (χ3n) is 8.69. The number of rotatable bonds is 12. The lowest BCUT2D eigenvalue weighted by molar-refractivity contribution is 0.571. The number of nitrogens with zero attached hydrogens (tertiary/aromatic N) is 2. The first kappa shape index (κ1) is 29.9. The number of aryl methyl sites for hydroxylation is 1. The zero-order valence-corrected chi connectivity index (χ0v) is 26.1. The van der Waals surface area contributed by atoms with Crippen molar-refractivity contribution in [3.05, 3.63) is 155 Å². The lowest BCUT2D eigenvalue weighted by atomic mass is 9.90. The molecule has 45 heavy (non-hydrogen) atoms. The molecule has 1 aromatic heterocycles. The molecule has 0 bridgehead atoms. The van der Waals surface area contributed by atoms with E-state index in [-0.39, 0.29) is 0 Å². The van der Waals surface area contributed by atoms with Crippen molar-refractivity contribution >= 4 is 45.1 Å². The van der Waals surface area contributed by atoms with Crippen LogP contribution in [0.25, 0.3) is 45.1 Å². The SMILES string of the molecule is CCCCCCCCn1c2ccccc2c2cc(/C=C/c3ccc(C(C#N)=C(c4ccccc4)c4ccccc4)cc3)ccc21. The van der Waals surface area contributed by atoms with Crippen molar-refractivity contribution in [2.75, 3.05) is 0 Å². The Hall–Kier alpha value is -5.13. The molecule has 0 saturated heterocycles. The summed E-state index contributed by atoms with van der Waals surface area (Å²) in [4.78, 5) is 0. The van der Waals surface area contributed by atoms with E-state index in [0.717, 1.165) is 34.4 Å². The van der Waals surface area contributed by atoms with Gasteiger partial charge in [0.2, 0.25) is 0 Å². The molecule has 0 spiro atoms. The largest absolute Gasteiger partial charge is 0.340 e. The Morgan fingerprint density at radius 2 is 1.16 bits per heavy atom. The van der Waals surface area contributed by atoms with Gasteiger partial charge in [0.05, 0.1) is 5.57 Å². The number of aromatic nitrogens is 1. The fourth-order valence-electron chi connectivity index (χ4n) is 6.35. The van der Waals surface area contributed by atoms with Gasteiger partial charge in [0.25, 0.3) is 0 Å². The molecule has 0 unspecified atom stereocenters. The van der Waals surface area contributed by atoms with Gasteiger partial charge in [-0.25, -0.2) is 0 Å². The van der Waals surface area contributed by atoms with Crippen LogP contribution in [0, 0.1) is 11.3 Å². The van der Waals surface area contributed by atoms with Crippen LogP contribution in [0.4, 0.5) is 0 Å². The Kier molecular flexibility index (Phi) is 9.68. The van der Waals surface area contributed by atoms with Crippen LogP contribution in [0.2, 0.25) is 0 Å². The molecule has 0 aliphatic rings. The number of benzene rings is 5. The number of nitriles is 1. The average molecular weight is 585 g/mol. The highest BCUT2D eigenvalue weighted by Crippen LogP contribution is 2.33. The van der Waals surface area contributed by atoms with Gasteiger partial charge >= 0.3 is 0 Å². The number of unbranched alkanes of at least 4 members (excludes halogenated alkanes) is 5. The van der Waals surface area contributed by atoms with Crippen LogP contribution in [0.3, 0.4) is 0 Å². The van der Waals surface area contributed by atoms with Gasteiger partial charge in [-0.3, -0.25) is 0 Å². The van der Waals surface area contributed by atoms with Gasteiger partial charge in [0.15, 0.2) is 0 Å². The molecule has 0 aliphatic heterocycles. The molecule has 0 N–H and O–H groups in total. The van der Waals surface area contributed by atoms with Crippen LogP contribution in [-0.4, -0.2) is 4.57 Å². The molecule has 222 valence electrons. The molecule has 0 saturated carbocycles. The number of para-hydroxylation sites is 1. The van der Waals surface area contributed by atoms with Crippen LogP contribution < -0.4 is 0 Å². The predicted molar refractivity (Wildman–Crippen MR) is 193 cm³/mol. The van der Waals surface area contributed by atoms with Gasteiger partial charge in [-0.05, 0) is 52.4 Å². The summed E-state index contributed by atoms with van der Waals surface area (Å²) in [5, 5.41) is 13.0. The van der Waals surface area contributed by atoms with Crippen molar-refractivity contribution in [1.82, 2.24) is 4.57 Å². The normalized spacial score (nSPS) is 11.3. The molecule has 0 fully saturated rings. The van der Waals surface area contributed by atoms with Crippen LogP contribution in [0.5, 0.6) is 0 Å². The van der Waals surface area contributed by atoms with Crippen molar-refractivity contribution in [1.29, 1.82) is 5.26 Å². The van der Waals surface area contributed by atoms with Gasteiger partial charge < -0.3 is 4.57 Å². The number of hydrogen-bond donors (Lipinski definition) is 0. The Morgan fingerprint density at radius 3 is 1.84 bits per heavy atom. The first-order valence-corrected chi connectivity index (χ1v) is 16.3. The molecule has 1 heterocycles. The smallest absolute Gasteiger partial charge is 0.100 e. The van der Waals surface area contributed by atoms with E-state index in [1.807, 2.05) is 36.4 Å². The van der Waals surface area contributed by atoms with Gasteiger partial charge in [0, 0.05) is 33.9 Å². The highest BCUT2D eigenvalue weighted by Gasteiger charge is 2.14. The lowest BCUT2D eigenvalue weighted by Gasteiger charge is -2.12. The summed E-state index contributed by atoms with van der Waals surface area (Å²) in [5.74, 6) is 0. The third kappa shape index (κ3) is 6.84. The van der Waals surface area contributed by atoms with E-state index in [1.165, 1.54) is 65.9 Å². The van der Waals surface area contributed by atoms with Crippen LogP contribution in [0.15, 0.2) is 127 Å². The van der Waals surface area contributed by atoms with E-state index in [0.29, 0.717) is 5.57 Å². The van der Waals surface area contributed by atoms with E-state index >= 15 is 0 Å². The molecule has 2 nitrogen and oxygen atoms in total. The first-order chi connectivity index (χ1) is 22.3. The molecule has 0 radical (unpaired) electrons. The molecular weight excluding hydrogens is 544 g/mol. The van der Waals surface area contributed by atoms with Crippen molar-refractivity contribution < 1.29 is 0 Å². The van der Waals surface area contributed by atoms with Crippen molar-refractivity contribution in [2.45, 2.75) is 52.0 Å². The van der Waals surface area contributed by atoms with Crippen LogP contribution >= 0.6 is 0 Å². The second-order valence-corrected chi connectivity index (χ2v) is 11.8. The first-order valence-electron chi connectivity index (χ1n) is 16.3. The zero-order chi connectivity index (χ0) is 30.8. The van der Waals surface area contributed by atoms with Crippen molar-refractivity contribution in [2.24, 2.45) is 0 Å². The second-order valence-electron chi connectivity index (χ2n) is 11.8. The minimum absolute atomic E-state index is 0.672. The highest BCUT2D eigenvalue weighted by atomic mass is 15.0. The van der Waals surface area contributed by atoms with E-state index < -0.39 is 0 Å².